The third-order valence-corrected chi connectivity index (χ3v) is 3.75. The molecule has 2 aromatic carbocycles. The minimum atomic E-state index is -0.221. The highest BCUT2D eigenvalue weighted by molar-refractivity contribution is 6.05. The summed E-state index contributed by atoms with van der Waals surface area (Å²) >= 11 is 0. The molecule has 4 nitrogen and oxygen atoms in total. The molecule has 0 aliphatic rings. The first-order valence-electron chi connectivity index (χ1n) is 7.67. The molecule has 0 unspecified atom stereocenters. The van der Waals surface area contributed by atoms with Crippen molar-refractivity contribution in [1.82, 2.24) is 0 Å². The molecule has 0 fully saturated rings. The number of aryl methyl sites for hydroxylation is 1. The van der Waals surface area contributed by atoms with Crippen LogP contribution >= 0.6 is 0 Å². The second-order valence-electron chi connectivity index (χ2n) is 5.47. The van der Waals surface area contributed by atoms with Gasteiger partial charge in [0.15, 0.2) is 0 Å². The van der Waals surface area contributed by atoms with Crippen molar-refractivity contribution in [3.05, 3.63) is 77.6 Å². The normalized spacial score (nSPS) is 10.4. The number of amides is 1. The smallest absolute Gasteiger partial charge is 0.259 e. The maximum absolute atomic E-state index is 12.5. The van der Waals surface area contributed by atoms with Gasteiger partial charge in [-0.1, -0.05) is 42.5 Å². The predicted molar refractivity (Wildman–Crippen MR) is 93.0 cm³/mol. The molecule has 120 valence electrons. The summed E-state index contributed by atoms with van der Waals surface area (Å²) in [5.74, 6) is 1.02. The third-order valence-electron chi connectivity index (χ3n) is 3.75. The van der Waals surface area contributed by atoms with E-state index >= 15 is 0 Å². The Morgan fingerprint density at radius 1 is 1.08 bits per heavy atom. The van der Waals surface area contributed by atoms with Gasteiger partial charge in [0.2, 0.25) is 0 Å². The second-order valence-corrected chi connectivity index (χ2v) is 5.47. The average molecular weight is 319 g/mol. The summed E-state index contributed by atoms with van der Waals surface area (Å²) in [5, 5.41) is 2.85. The molecule has 3 aromatic rings. The maximum atomic E-state index is 12.5. The van der Waals surface area contributed by atoms with E-state index in [4.69, 9.17) is 4.42 Å². The molecule has 24 heavy (non-hydrogen) atoms. The van der Waals surface area contributed by atoms with Crippen LogP contribution < -0.4 is 5.32 Å². The van der Waals surface area contributed by atoms with Crippen LogP contribution in [0.1, 0.15) is 21.7 Å². The van der Waals surface area contributed by atoms with Crippen molar-refractivity contribution in [2.75, 3.05) is 5.32 Å². The summed E-state index contributed by atoms with van der Waals surface area (Å²) in [7, 11) is 0. The molecular formula is C20H17NO3. The van der Waals surface area contributed by atoms with Gasteiger partial charge in [0, 0.05) is 17.7 Å². The number of benzene rings is 2. The van der Waals surface area contributed by atoms with E-state index in [-0.39, 0.29) is 5.91 Å². The Labute approximate surface area is 140 Å². The number of anilines is 1. The zero-order valence-corrected chi connectivity index (χ0v) is 13.3. The number of carbonyl (C=O) groups excluding carboxylic acids is 2. The van der Waals surface area contributed by atoms with Crippen molar-refractivity contribution >= 4 is 17.9 Å². The Hall–Kier alpha value is -3.14. The van der Waals surface area contributed by atoms with Gasteiger partial charge in [0.1, 0.15) is 17.8 Å². The topological polar surface area (TPSA) is 59.3 Å². The molecule has 4 heteroatoms. The van der Waals surface area contributed by atoms with E-state index in [1.54, 1.807) is 25.1 Å². The number of aldehydes is 1. The Morgan fingerprint density at radius 3 is 2.46 bits per heavy atom. The van der Waals surface area contributed by atoms with Gasteiger partial charge in [-0.05, 0) is 30.7 Å². The molecular weight excluding hydrogens is 302 g/mol. The molecule has 1 aromatic heterocycles. The Bertz CT molecular complexity index is 848. The molecule has 0 aliphatic carbocycles. The van der Waals surface area contributed by atoms with Gasteiger partial charge >= 0.3 is 0 Å². The first-order valence-corrected chi connectivity index (χ1v) is 7.67. The molecule has 0 saturated heterocycles. The Kier molecular flexibility index (Phi) is 4.57. The predicted octanol–water partition coefficient (Wildman–Crippen LogP) is 4.25. The highest BCUT2D eigenvalue weighted by Crippen LogP contribution is 2.25. The molecule has 3 rings (SSSR count). The number of hydrogen-bond acceptors (Lipinski definition) is 3. The molecule has 0 saturated carbocycles. The summed E-state index contributed by atoms with van der Waals surface area (Å²) in [6.07, 6.45) is 1.23. The first kappa shape index (κ1) is 15.7. The van der Waals surface area contributed by atoms with Crippen molar-refractivity contribution in [3.8, 4) is 11.3 Å². The monoisotopic (exact) mass is 319 g/mol. The minimum Gasteiger partial charge on any atom is -0.461 e. The van der Waals surface area contributed by atoms with Crippen LogP contribution in [0.4, 0.5) is 5.69 Å². The fraction of sp³-hybridized carbons (Fsp3) is 0.100. The number of rotatable bonds is 5. The van der Waals surface area contributed by atoms with Gasteiger partial charge in [-0.3, -0.25) is 4.79 Å². The highest BCUT2D eigenvalue weighted by Gasteiger charge is 2.16. The summed E-state index contributed by atoms with van der Waals surface area (Å²) < 4.78 is 5.71. The summed E-state index contributed by atoms with van der Waals surface area (Å²) in [4.78, 5) is 23.0. The van der Waals surface area contributed by atoms with Crippen molar-refractivity contribution in [1.29, 1.82) is 0 Å². The second kappa shape index (κ2) is 6.96. The van der Waals surface area contributed by atoms with Crippen molar-refractivity contribution < 1.29 is 14.0 Å². The van der Waals surface area contributed by atoms with Gasteiger partial charge in [-0.2, -0.15) is 0 Å². The minimum absolute atomic E-state index is 0.221. The zero-order chi connectivity index (χ0) is 16.9. The van der Waals surface area contributed by atoms with Crippen LogP contribution in [0.3, 0.4) is 0 Å². The van der Waals surface area contributed by atoms with E-state index in [1.165, 1.54) is 0 Å². The van der Waals surface area contributed by atoms with Crippen LogP contribution in [-0.4, -0.2) is 12.2 Å². The first-order chi connectivity index (χ1) is 11.7. The number of furan rings is 1. The average Bonchev–Trinajstić information content (AvgIpc) is 3.00. The molecule has 1 N–H and O–H groups in total. The summed E-state index contributed by atoms with van der Waals surface area (Å²) in [5.41, 5.74) is 3.02. The quantitative estimate of drug-likeness (QED) is 0.715. The van der Waals surface area contributed by atoms with Gasteiger partial charge in [0.05, 0.1) is 5.56 Å². The van der Waals surface area contributed by atoms with E-state index in [0.717, 1.165) is 17.4 Å². The Morgan fingerprint density at radius 2 is 1.79 bits per heavy atom. The molecule has 0 spiro atoms. The summed E-state index contributed by atoms with van der Waals surface area (Å²) in [6, 6.07) is 18.6. The largest absolute Gasteiger partial charge is 0.461 e. The van der Waals surface area contributed by atoms with Crippen molar-refractivity contribution in [2.24, 2.45) is 0 Å². The van der Waals surface area contributed by atoms with E-state index < -0.39 is 0 Å². The maximum Gasteiger partial charge on any atom is 0.259 e. The number of hydrogen-bond donors (Lipinski definition) is 1. The lowest BCUT2D eigenvalue weighted by Gasteiger charge is -2.04. The van der Waals surface area contributed by atoms with E-state index in [2.05, 4.69) is 5.32 Å². The van der Waals surface area contributed by atoms with Crippen molar-refractivity contribution in [2.45, 2.75) is 13.3 Å². The standard InChI is InChI=1S/C20H17NO3/c1-14-18(13-19(24-14)16-5-3-2-4-6-16)20(23)21-17-9-7-15(8-10-17)11-12-22/h2-10,12-13H,11H2,1H3,(H,21,23). The lowest BCUT2D eigenvalue weighted by Crippen LogP contribution is -2.12. The van der Waals surface area contributed by atoms with Gasteiger partial charge in [0.25, 0.3) is 5.91 Å². The molecule has 1 amide bonds. The molecule has 0 radical (unpaired) electrons. The Balaban J connectivity index is 1.78. The zero-order valence-electron chi connectivity index (χ0n) is 13.3. The van der Waals surface area contributed by atoms with Crippen LogP contribution in [-0.2, 0) is 11.2 Å². The van der Waals surface area contributed by atoms with Gasteiger partial charge < -0.3 is 14.5 Å². The van der Waals surface area contributed by atoms with E-state index in [9.17, 15) is 9.59 Å². The third kappa shape index (κ3) is 3.43. The fourth-order valence-corrected chi connectivity index (χ4v) is 2.47. The van der Waals surface area contributed by atoms with Crippen LogP contribution in [0.25, 0.3) is 11.3 Å². The fourth-order valence-electron chi connectivity index (χ4n) is 2.47. The summed E-state index contributed by atoms with van der Waals surface area (Å²) in [6.45, 7) is 1.77. The van der Waals surface area contributed by atoms with Gasteiger partial charge in [-0.25, -0.2) is 0 Å². The molecule has 1 heterocycles. The van der Waals surface area contributed by atoms with Crippen LogP contribution in [0.2, 0.25) is 0 Å². The van der Waals surface area contributed by atoms with E-state index in [1.807, 2.05) is 42.5 Å². The van der Waals surface area contributed by atoms with Crippen LogP contribution in [0, 0.1) is 6.92 Å². The van der Waals surface area contributed by atoms with Crippen LogP contribution in [0.5, 0.6) is 0 Å². The lowest BCUT2D eigenvalue weighted by atomic mass is 10.1. The number of carbonyl (C=O) groups is 2. The van der Waals surface area contributed by atoms with Crippen LogP contribution in [0.15, 0.2) is 65.1 Å². The molecule has 0 aliphatic heterocycles. The van der Waals surface area contributed by atoms with E-state index in [0.29, 0.717) is 29.2 Å². The molecule has 0 atom stereocenters. The lowest BCUT2D eigenvalue weighted by molar-refractivity contribution is -0.107. The number of nitrogens with one attached hydrogen (secondary N) is 1. The SMILES string of the molecule is Cc1oc(-c2ccccc2)cc1C(=O)Nc1ccc(CC=O)cc1. The molecule has 0 bridgehead atoms. The highest BCUT2D eigenvalue weighted by atomic mass is 16.3. The van der Waals surface area contributed by atoms with Crippen molar-refractivity contribution in [3.63, 3.8) is 0 Å². The van der Waals surface area contributed by atoms with Gasteiger partial charge in [-0.15, -0.1) is 0 Å².